The SMILES string of the molecule is CC(N)(C(=O)NC1CCC(N)CC1)c1ccccc1. The third-order valence-corrected chi connectivity index (χ3v) is 3.95. The second-order valence-electron chi connectivity index (χ2n) is 5.65. The van der Waals surface area contributed by atoms with Gasteiger partial charge in [0.2, 0.25) is 5.91 Å². The van der Waals surface area contributed by atoms with Gasteiger partial charge in [-0.15, -0.1) is 0 Å². The maximum Gasteiger partial charge on any atom is 0.244 e. The lowest BCUT2D eigenvalue weighted by atomic mass is 9.89. The molecule has 0 spiro atoms. The molecule has 0 saturated heterocycles. The fourth-order valence-corrected chi connectivity index (χ4v) is 2.51. The minimum Gasteiger partial charge on any atom is -0.351 e. The van der Waals surface area contributed by atoms with E-state index in [0.29, 0.717) is 0 Å². The number of hydrogen-bond donors (Lipinski definition) is 3. The molecule has 1 unspecified atom stereocenters. The summed E-state index contributed by atoms with van der Waals surface area (Å²) in [4.78, 5) is 12.3. The summed E-state index contributed by atoms with van der Waals surface area (Å²) in [6.07, 6.45) is 3.82. The molecule has 1 amide bonds. The van der Waals surface area contributed by atoms with E-state index in [0.717, 1.165) is 31.2 Å². The highest BCUT2D eigenvalue weighted by molar-refractivity contribution is 5.87. The van der Waals surface area contributed by atoms with Crippen LogP contribution in [-0.2, 0) is 10.3 Å². The van der Waals surface area contributed by atoms with Gasteiger partial charge in [-0.3, -0.25) is 4.79 Å². The molecule has 2 rings (SSSR count). The first-order valence-corrected chi connectivity index (χ1v) is 6.91. The Morgan fingerprint density at radius 2 is 1.79 bits per heavy atom. The third kappa shape index (κ3) is 3.33. The van der Waals surface area contributed by atoms with Crippen LogP contribution in [0.5, 0.6) is 0 Å². The Morgan fingerprint density at radius 3 is 2.37 bits per heavy atom. The minimum atomic E-state index is -0.985. The van der Waals surface area contributed by atoms with E-state index >= 15 is 0 Å². The van der Waals surface area contributed by atoms with Gasteiger partial charge in [-0.25, -0.2) is 0 Å². The molecular formula is C15H23N3O. The Morgan fingerprint density at radius 1 is 1.21 bits per heavy atom. The van der Waals surface area contributed by atoms with Crippen LogP contribution in [0.4, 0.5) is 0 Å². The monoisotopic (exact) mass is 261 g/mol. The molecule has 1 aromatic rings. The molecule has 1 aromatic carbocycles. The fourth-order valence-electron chi connectivity index (χ4n) is 2.51. The number of nitrogens with two attached hydrogens (primary N) is 2. The van der Waals surface area contributed by atoms with Crippen LogP contribution in [0, 0.1) is 0 Å². The predicted molar refractivity (Wildman–Crippen MR) is 76.4 cm³/mol. The number of rotatable bonds is 3. The lowest BCUT2D eigenvalue weighted by molar-refractivity contribution is -0.127. The lowest BCUT2D eigenvalue weighted by Gasteiger charge is -2.31. The largest absolute Gasteiger partial charge is 0.351 e. The lowest BCUT2D eigenvalue weighted by Crippen LogP contribution is -2.53. The number of carbonyl (C=O) groups excluding carboxylic acids is 1. The summed E-state index contributed by atoms with van der Waals surface area (Å²) in [5, 5.41) is 3.06. The van der Waals surface area contributed by atoms with Crippen LogP contribution in [0.25, 0.3) is 0 Å². The van der Waals surface area contributed by atoms with Crippen molar-refractivity contribution in [1.29, 1.82) is 0 Å². The van der Waals surface area contributed by atoms with Gasteiger partial charge in [0.15, 0.2) is 0 Å². The maximum absolute atomic E-state index is 12.3. The molecule has 1 aliphatic carbocycles. The molecule has 1 fully saturated rings. The van der Waals surface area contributed by atoms with E-state index in [1.165, 1.54) is 0 Å². The van der Waals surface area contributed by atoms with E-state index in [4.69, 9.17) is 11.5 Å². The van der Waals surface area contributed by atoms with Crippen molar-refractivity contribution in [3.63, 3.8) is 0 Å². The molecule has 0 heterocycles. The van der Waals surface area contributed by atoms with Crippen molar-refractivity contribution < 1.29 is 4.79 Å². The summed E-state index contributed by atoms with van der Waals surface area (Å²) in [5.41, 5.74) is 11.9. The number of hydrogen-bond acceptors (Lipinski definition) is 3. The van der Waals surface area contributed by atoms with Crippen LogP contribution in [0.3, 0.4) is 0 Å². The molecular weight excluding hydrogens is 238 g/mol. The predicted octanol–water partition coefficient (Wildman–Crippen LogP) is 1.25. The van der Waals surface area contributed by atoms with Crippen LogP contribution in [0.2, 0.25) is 0 Å². The summed E-state index contributed by atoms with van der Waals surface area (Å²) in [6, 6.07) is 9.97. The number of amides is 1. The van der Waals surface area contributed by atoms with Gasteiger partial charge in [-0.2, -0.15) is 0 Å². The molecule has 0 aromatic heterocycles. The van der Waals surface area contributed by atoms with Crippen LogP contribution < -0.4 is 16.8 Å². The van der Waals surface area contributed by atoms with Gasteiger partial charge in [0.25, 0.3) is 0 Å². The average molecular weight is 261 g/mol. The van der Waals surface area contributed by atoms with Crippen LogP contribution >= 0.6 is 0 Å². The second kappa shape index (κ2) is 5.72. The molecule has 1 aliphatic rings. The Hall–Kier alpha value is -1.39. The minimum absolute atomic E-state index is 0.112. The van der Waals surface area contributed by atoms with Gasteiger partial charge in [0, 0.05) is 12.1 Å². The van der Waals surface area contributed by atoms with Crippen molar-refractivity contribution in [3.05, 3.63) is 35.9 Å². The molecule has 19 heavy (non-hydrogen) atoms. The summed E-state index contributed by atoms with van der Waals surface area (Å²) in [7, 11) is 0. The number of nitrogens with one attached hydrogen (secondary N) is 1. The summed E-state index contributed by atoms with van der Waals surface area (Å²) in [6.45, 7) is 1.76. The van der Waals surface area contributed by atoms with Gasteiger partial charge in [0.05, 0.1) is 0 Å². The molecule has 4 nitrogen and oxygen atoms in total. The van der Waals surface area contributed by atoms with Crippen molar-refractivity contribution >= 4 is 5.91 Å². The molecule has 104 valence electrons. The van der Waals surface area contributed by atoms with Crippen molar-refractivity contribution in [2.75, 3.05) is 0 Å². The zero-order chi connectivity index (χ0) is 13.9. The highest BCUT2D eigenvalue weighted by Gasteiger charge is 2.32. The van der Waals surface area contributed by atoms with Crippen molar-refractivity contribution in [1.82, 2.24) is 5.32 Å². The van der Waals surface area contributed by atoms with E-state index in [1.807, 2.05) is 30.3 Å². The highest BCUT2D eigenvalue weighted by atomic mass is 16.2. The Labute approximate surface area is 114 Å². The normalized spacial score (nSPS) is 26.5. The molecule has 0 bridgehead atoms. The fraction of sp³-hybridized carbons (Fsp3) is 0.533. The number of benzene rings is 1. The summed E-state index contributed by atoms with van der Waals surface area (Å²) >= 11 is 0. The maximum atomic E-state index is 12.3. The quantitative estimate of drug-likeness (QED) is 0.766. The Bertz CT molecular complexity index is 422. The highest BCUT2D eigenvalue weighted by Crippen LogP contribution is 2.21. The van der Waals surface area contributed by atoms with Crippen molar-refractivity contribution in [2.45, 2.75) is 50.2 Å². The van der Waals surface area contributed by atoms with Gasteiger partial charge >= 0.3 is 0 Å². The van der Waals surface area contributed by atoms with Gasteiger partial charge in [-0.1, -0.05) is 30.3 Å². The molecule has 0 aliphatic heterocycles. The van der Waals surface area contributed by atoms with Crippen molar-refractivity contribution in [3.8, 4) is 0 Å². The molecule has 5 N–H and O–H groups in total. The second-order valence-corrected chi connectivity index (χ2v) is 5.65. The van der Waals surface area contributed by atoms with Crippen LogP contribution in [0.1, 0.15) is 38.2 Å². The number of carbonyl (C=O) groups is 1. The van der Waals surface area contributed by atoms with Crippen LogP contribution in [-0.4, -0.2) is 18.0 Å². The van der Waals surface area contributed by atoms with E-state index in [1.54, 1.807) is 6.92 Å². The Balaban J connectivity index is 1.99. The molecule has 1 saturated carbocycles. The van der Waals surface area contributed by atoms with Gasteiger partial charge < -0.3 is 16.8 Å². The zero-order valence-electron chi connectivity index (χ0n) is 11.4. The third-order valence-electron chi connectivity index (χ3n) is 3.95. The van der Waals surface area contributed by atoms with E-state index < -0.39 is 5.54 Å². The Kier molecular flexibility index (Phi) is 4.22. The zero-order valence-corrected chi connectivity index (χ0v) is 11.4. The topological polar surface area (TPSA) is 81.1 Å². The average Bonchev–Trinajstić information content (AvgIpc) is 2.42. The first-order chi connectivity index (χ1) is 9.00. The first kappa shape index (κ1) is 14.0. The van der Waals surface area contributed by atoms with Gasteiger partial charge in [-0.05, 0) is 38.2 Å². The molecule has 0 radical (unpaired) electrons. The van der Waals surface area contributed by atoms with E-state index in [2.05, 4.69) is 5.32 Å². The van der Waals surface area contributed by atoms with Crippen LogP contribution in [0.15, 0.2) is 30.3 Å². The molecule has 4 heteroatoms. The van der Waals surface area contributed by atoms with Gasteiger partial charge in [0.1, 0.15) is 5.54 Å². The smallest absolute Gasteiger partial charge is 0.244 e. The molecule has 1 atom stereocenters. The van der Waals surface area contributed by atoms with E-state index in [-0.39, 0.29) is 18.0 Å². The van der Waals surface area contributed by atoms with Crippen molar-refractivity contribution in [2.24, 2.45) is 11.5 Å². The first-order valence-electron chi connectivity index (χ1n) is 6.91. The standard InChI is InChI=1S/C15H23N3O/c1-15(17,11-5-3-2-4-6-11)14(19)18-13-9-7-12(16)8-10-13/h2-6,12-13H,7-10,16-17H2,1H3,(H,18,19). The summed E-state index contributed by atoms with van der Waals surface area (Å²) in [5.74, 6) is -0.112. The van der Waals surface area contributed by atoms with E-state index in [9.17, 15) is 4.79 Å². The summed E-state index contributed by atoms with van der Waals surface area (Å²) < 4.78 is 0.